The van der Waals surface area contributed by atoms with E-state index >= 15 is 0 Å². The summed E-state index contributed by atoms with van der Waals surface area (Å²) in [5.74, 6) is 0.306. The van der Waals surface area contributed by atoms with Gasteiger partial charge >= 0.3 is 0 Å². The molecular weight excluding hydrogens is 399 g/mol. The molecule has 2 heterocycles. The number of nitrogens with two attached hydrogens (primary N) is 1. The number of nitrogens with one attached hydrogen (secondary N) is 1. The maximum absolute atomic E-state index is 12.6. The predicted octanol–water partition coefficient (Wildman–Crippen LogP) is 3.24. The lowest BCUT2D eigenvalue weighted by Gasteiger charge is -2.32. The number of piperidine rings is 1. The molecule has 1 aromatic carbocycles. The summed E-state index contributed by atoms with van der Waals surface area (Å²) in [6.45, 7) is 3.09. The fourth-order valence-corrected chi connectivity index (χ4v) is 3.11. The van der Waals surface area contributed by atoms with Crippen LogP contribution >= 0.6 is 24.8 Å². The highest BCUT2D eigenvalue weighted by molar-refractivity contribution is 5.92. The number of rotatable bonds is 4. The van der Waals surface area contributed by atoms with E-state index in [-0.39, 0.29) is 42.5 Å². The molecule has 0 aliphatic carbocycles. The molecule has 6 nitrogen and oxygen atoms in total. The Morgan fingerprint density at radius 3 is 2.54 bits per heavy atom. The Bertz CT molecular complexity index is 716. The molecule has 152 valence electrons. The van der Waals surface area contributed by atoms with Gasteiger partial charge in [-0.2, -0.15) is 0 Å². The maximum atomic E-state index is 12.6. The van der Waals surface area contributed by atoms with Crippen LogP contribution in [0.1, 0.15) is 24.0 Å². The smallest absolute Gasteiger partial charge is 0.230 e. The van der Waals surface area contributed by atoms with Gasteiger partial charge in [-0.3, -0.25) is 9.59 Å². The number of amides is 2. The van der Waals surface area contributed by atoms with Gasteiger partial charge in [0.15, 0.2) is 0 Å². The fraction of sp³-hybridized carbons (Fsp3) is 0.350. The number of carbonyl (C=O) groups is 2. The first-order valence-electron chi connectivity index (χ1n) is 8.87. The molecule has 0 saturated carbocycles. The van der Waals surface area contributed by atoms with Gasteiger partial charge in [0, 0.05) is 25.0 Å². The van der Waals surface area contributed by atoms with Crippen molar-refractivity contribution in [1.82, 2.24) is 9.88 Å². The number of aromatic nitrogens is 1. The van der Waals surface area contributed by atoms with Crippen LogP contribution < -0.4 is 11.1 Å². The number of nitrogens with zero attached hydrogens (tertiary/aromatic N) is 2. The second kappa shape index (κ2) is 10.9. The largest absolute Gasteiger partial charge is 0.399 e. The monoisotopic (exact) mass is 424 g/mol. The van der Waals surface area contributed by atoms with Crippen LogP contribution in [-0.4, -0.2) is 34.8 Å². The number of likely N-dealkylation sites (tertiary alicyclic amines) is 1. The van der Waals surface area contributed by atoms with Gasteiger partial charge in [0.05, 0.1) is 12.3 Å². The number of nitrogen functional groups attached to an aromatic ring is 1. The van der Waals surface area contributed by atoms with Crippen LogP contribution in [0.2, 0.25) is 0 Å². The van der Waals surface area contributed by atoms with E-state index in [1.54, 1.807) is 29.3 Å². The van der Waals surface area contributed by atoms with Crippen LogP contribution in [-0.2, 0) is 16.0 Å². The number of carbonyl (C=O) groups excluding carboxylic acids is 2. The average molecular weight is 425 g/mol. The van der Waals surface area contributed by atoms with Crippen molar-refractivity contribution < 1.29 is 9.59 Å². The second-order valence-corrected chi connectivity index (χ2v) is 6.81. The van der Waals surface area contributed by atoms with E-state index in [0.717, 1.165) is 24.0 Å². The highest BCUT2D eigenvalue weighted by Crippen LogP contribution is 2.19. The standard InChI is InChI=1S/C20H24N4O2.2ClH/c1-14-4-9-18(22-12-14)23-20(26)16-3-2-10-24(13-16)19(25)11-15-5-7-17(21)8-6-15;;/h4-9,12,16H,2-3,10-11,13,21H2,1H3,(H,22,23,26);2*1H. The van der Waals surface area contributed by atoms with Gasteiger partial charge in [-0.05, 0) is 49.1 Å². The number of hydrogen-bond donors (Lipinski definition) is 2. The van der Waals surface area contributed by atoms with Crippen LogP contribution in [0.5, 0.6) is 0 Å². The molecule has 1 fully saturated rings. The summed E-state index contributed by atoms with van der Waals surface area (Å²) in [6.07, 6.45) is 3.66. The Morgan fingerprint density at radius 2 is 1.89 bits per heavy atom. The van der Waals surface area contributed by atoms with E-state index in [1.807, 2.05) is 25.1 Å². The van der Waals surface area contributed by atoms with E-state index in [9.17, 15) is 9.59 Å². The quantitative estimate of drug-likeness (QED) is 0.737. The van der Waals surface area contributed by atoms with Crippen LogP contribution in [0, 0.1) is 12.8 Å². The number of aryl methyl sites for hydroxylation is 1. The topological polar surface area (TPSA) is 88.3 Å². The zero-order valence-corrected chi connectivity index (χ0v) is 17.4. The van der Waals surface area contributed by atoms with Crippen molar-refractivity contribution in [2.24, 2.45) is 5.92 Å². The zero-order valence-electron chi connectivity index (χ0n) is 15.8. The van der Waals surface area contributed by atoms with Crippen LogP contribution in [0.15, 0.2) is 42.6 Å². The van der Waals surface area contributed by atoms with Gasteiger partial charge in [-0.1, -0.05) is 18.2 Å². The maximum Gasteiger partial charge on any atom is 0.230 e. The van der Waals surface area contributed by atoms with Gasteiger partial charge in [0.25, 0.3) is 0 Å². The molecule has 1 atom stereocenters. The van der Waals surface area contributed by atoms with Crippen molar-refractivity contribution in [3.8, 4) is 0 Å². The number of benzene rings is 1. The van der Waals surface area contributed by atoms with E-state index in [2.05, 4.69) is 10.3 Å². The minimum Gasteiger partial charge on any atom is -0.399 e. The van der Waals surface area contributed by atoms with Crippen molar-refractivity contribution in [2.45, 2.75) is 26.2 Å². The number of anilines is 2. The minimum atomic E-state index is -0.206. The van der Waals surface area contributed by atoms with Gasteiger partial charge in [0.2, 0.25) is 11.8 Å². The Balaban J connectivity index is 0.00000196. The predicted molar refractivity (Wildman–Crippen MR) is 116 cm³/mol. The molecule has 2 amide bonds. The third kappa shape index (κ3) is 6.39. The molecule has 3 N–H and O–H groups in total. The number of halogens is 2. The highest BCUT2D eigenvalue weighted by Gasteiger charge is 2.28. The molecule has 1 saturated heterocycles. The molecule has 0 spiro atoms. The van der Waals surface area contributed by atoms with Crippen LogP contribution in [0.25, 0.3) is 0 Å². The first kappa shape index (κ1) is 23.7. The molecule has 0 bridgehead atoms. The fourth-order valence-electron chi connectivity index (χ4n) is 3.11. The van der Waals surface area contributed by atoms with Crippen molar-refractivity contribution in [2.75, 3.05) is 24.1 Å². The lowest BCUT2D eigenvalue weighted by molar-refractivity contribution is -0.133. The van der Waals surface area contributed by atoms with E-state index in [1.165, 1.54) is 0 Å². The van der Waals surface area contributed by atoms with Gasteiger partial charge < -0.3 is 16.0 Å². The molecule has 2 aromatic rings. The average Bonchev–Trinajstić information content (AvgIpc) is 2.65. The van der Waals surface area contributed by atoms with E-state index in [4.69, 9.17) is 5.73 Å². The molecular formula is C20H26Cl2N4O2. The van der Waals surface area contributed by atoms with E-state index in [0.29, 0.717) is 31.0 Å². The van der Waals surface area contributed by atoms with Crippen molar-refractivity contribution in [3.05, 3.63) is 53.7 Å². The summed E-state index contributed by atoms with van der Waals surface area (Å²) < 4.78 is 0. The van der Waals surface area contributed by atoms with Gasteiger partial charge in [-0.15, -0.1) is 24.8 Å². The Labute approximate surface area is 177 Å². The van der Waals surface area contributed by atoms with Crippen molar-refractivity contribution >= 4 is 48.1 Å². The normalized spacial score (nSPS) is 15.8. The lowest BCUT2D eigenvalue weighted by Crippen LogP contribution is -2.44. The Hall–Kier alpha value is -2.31. The summed E-state index contributed by atoms with van der Waals surface area (Å²) in [4.78, 5) is 31.1. The summed E-state index contributed by atoms with van der Waals surface area (Å²) in [5.41, 5.74) is 8.33. The minimum absolute atomic E-state index is 0. The van der Waals surface area contributed by atoms with Gasteiger partial charge in [-0.25, -0.2) is 4.98 Å². The molecule has 1 aliphatic heterocycles. The first-order valence-corrected chi connectivity index (χ1v) is 8.87. The third-order valence-electron chi connectivity index (χ3n) is 4.64. The zero-order chi connectivity index (χ0) is 18.5. The van der Waals surface area contributed by atoms with Crippen LogP contribution in [0.3, 0.4) is 0 Å². The van der Waals surface area contributed by atoms with Crippen LogP contribution in [0.4, 0.5) is 11.5 Å². The first-order chi connectivity index (χ1) is 12.5. The van der Waals surface area contributed by atoms with Crippen molar-refractivity contribution in [3.63, 3.8) is 0 Å². The summed E-state index contributed by atoms with van der Waals surface area (Å²) in [5, 5.41) is 2.85. The summed E-state index contributed by atoms with van der Waals surface area (Å²) in [6, 6.07) is 11.0. The molecule has 28 heavy (non-hydrogen) atoms. The highest BCUT2D eigenvalue weighted by atomic mass is 35.5. The number of pyridine rings is 1. The molecule has 1 unspecified atom stereocenters. The Morgan fingerprint density at radius 1 is 1.18 bits per heavy atom. The summed E-state index contributed by atoms with van der Waals surface area (Å²) in [7, 11) is 0. The third-order valence-corrected chi connectivity index (χ3v) is 4.64. The second-order valence-electron chi connectivity index (χ2n) is 6.81. The molecule has 8 heteroatoms. The molecule has 1 aromatic heterocycles. The Kier molecular flexibility index (Phi) is 9.22. The van der Waals surface area contributed by atoms with Gasteiger partial charge in [0.1, 0.15) is 5.82 Å². The summed E-state index contributed by atoms with van der Waals surface area (Å²) >= 11 is 0. The van der Waals surface area contributed by atoms with Crippen molar-refractivity contribution in [1.29, 1.82) is 0 Å². The molecule has 0 radical (unpaired) electrons. The van der Waals surface area contributed by atoms with E-state index < -0.39 is 0 Å². The lowest BCUT2D eigenvalue weighted by atomic mass is 9.96. The molecule has 1 aliphatic rings. The SMILES string of the molecule is Cc1ccc(NC(=O)C2CCCN(C(=O)Cc3ccc(N)cc3)C2)nc1.Cl.Cl. The molecule has 3 rings (SSSR count). The number of hydrogen-bond acceptors (Lipinski definition) is 4.